The van der Waals surface area contributed by atoms with Gasteiger partial charge in [0.25, 0.3) is 5.91 Å². The Bertz CT molecular complexity index is 361. The van der Waals surface area contributed by atoms with Crippen LogP contribution in [0.4, 0.5) is 0 Å². The highest BCUT2D eigenvalue weighted by atomic mass is 16.5. The van der Waals surface area contributed by atoms with Crippen LogP contribution in [0.25, 0.3) is 0 Å². The van der Waals surface area contributed by atoms with E-state index in [-0.39, 0.29) is 19.3 Å². The molecule has 108 valence electrons. The van der Waals surface area contributed by atoms with Gasteiger partial charge in [0.05, 0.1) is 0 Å². The van der Waals surface area contributed by atoms with Crippen LogP contribution >= 0.6 is 0 Å². The standard InChI is InChI=1S/C12H19NO6/c1-12(6-3-7-19-12)11(18)13-8(10(16)17)4-2-5-9(14)15/h8H,2-7H2,1H3,(H,13,18)(H,14,15)(H,16,17)/t8-,12?/m1/s1. The zero-order valence-corrected chi connectivity index (χ0v) is 10.8. The van der Waals surface area contributed by atoms with Crippen molar-refractivity contribution < 1.29 is 29.3 Å². The monoisotopic (exact) mass is 273 g/mol. The first-order valence-electron chi connectivity index (χ1n) is 6.25. The predicted octanol–water partition coefficient (Wildman–Crippen LogP) is 0.380. The lowest BCUT2D eigenvalue weighted by Crippen LogP contribution is -2.50. The zero-order chi connectivity index (χ0) is 14.5. The minimum absolute atomic E-state index is 0.0868. The number of carboxylic acid groups (broad SMARTS) is 2. The summed E-state index contributed by atoms with van der Waals surface area (Å²) in [5.41, 5.74) is -0.972. The largest absolute Gasteiger partial charge is 0.481 e. The van der Waals surface area contributed by atoms with Crippen LogP contribution in [0.15, 0.2) is 0 Å². The van der Waals surface area contributed by atoms with Gasteiger partial charge in [-0.3, -0.25) is 9.59 Å². The summed E-state index contributed by atoms with van der Waals surface area (Å²) in [4.78, 5) is 33.4. The Kier molecular flexibility index (Phi) is 5.29. The maximum absolute atomic E-state index is 12.0. The van der Waals surface area contributed by atoms with Gasteiger partial charge >= 0.3 is 11.9 Å². The van der Waals surface area contributed by atoms with E-state index < -0.39 is 29.5 Å². The highest BCUT2D eigenvalue weighted by Crippen LogP contribution is 2.25. The molecule has 0 saturated carbocycles. The van der Waals surface area contributed by atoms with Crippen molar-refractivity contribution in [2.75, 3.05) is 6.61 Å². The highest BCUT2D eigenvalue weighted by Gasteiger charge is 2.39. The number of amides is 1. The topological polar surface area (TPSA) is 113 Å². The Morgan fingerprint density at radius 3 is 2.53 bits per heavy atom. The second kappa shape index (κ2) is 6.51. The first-order valence-corrected chi connectivity index (χ1v) is 6.25. The minimum Gasteiger partial charge on any atom is -0.481 e. The lowest BCUT2D eigenvalue weighted by atomic mass is 10.0. The van der Waals surface area contributed by atoms with Crippen LogP contribution in [-0.2, 0) is 19.1 Å². The van der Waals surface area contributed by atoms with Gasteiger partial charge in [0.1, 0.15) is 11.6 Å². The van der Waals surface area contributed by atoms with Gasteiger partial charge in [-0.1, -0.05) is 0 Å². The molecule has 1 amide bonds. The van der Waals surface area contributed by atoms with E-state index in [1.807, 2.05) is 0 Å². The molecule has 0 aromatic carbocycles. The number of aliphatic carboxylic acids is 2. The summed E-state index contributed by atoms with van der Waals surface area (Å²) in [6.45, 7) is 2.12. The second-order valence-corrected chi connectivity index (χ2v) is 4.83. The fourth-order valence-electron chi connectivity index (χ4n) is 1.98. The SMILES string of the molecule is CC1(C(=O)N[C@H](CCCC(=O)O)C(=O)O)CCCO1. The van der Waals surface area contributed by atoms with Gasteiger partial charge in [-0.15, -0.1) is 0 Å². The molecule has 1 unspecified atom stereocenters. The Morgan fingerprint density at radius 2 is 2.05 bits per heavy atom. The third-order valence-corrected chi connectivity index (χ3v) is 3.19. The van der Waals surface area contributed by atoms with Gasteiger partial charge in [-0.05, 0) is 32.6 Å². The van der Waals surface area contributed by atoms with Gasteiger partial charge in [0.2, 0.25) is 0 Å². The van der Waals surface area contributed by atoms with E-state index in [1.54, 1.807) is 6.92 Å². The van der Waals surface area contributed by atoms with E-state index in [9.17, 15) is 14.4 Å². The fourth-order valence-corrected chi connectivity index (χ4v) is 1.98. The molecule has 0 aromatic rings. The average Bonchev–Trinajstić information content (AvgIpc) is 2.75. The molecule has 1 heterocycles. The Labute approximate surface area is 110 Å². The smallest absolute Gasteiger partial charge is 0.326 e. The second-order valence-electron chi connectivity index (χ2n) is 4.83. The number of nitrogens with one attached hydrogen (secondary N) is 1. The summed E-state index contributed by atoms with van der Waals surface area (Å²) < 4.78 is 5.33. The van der Waals surface area contributed by atoms with Crippen molar-refractivity contribution in [2.24, 2.45) is 0 Å². The number of carbonyl (C=O) groups excluding carboxylic acids is 1. The van der Waals surface area contributed by atoms with Crippen LogP contribution in [0.2, 0.25) is 0 Å². The van der Waals surface area contributed by atoms with Crippen molar-refractivity contribution in [3.8, 4) is 0 Å². The number of carbonyl (C=O) groups is 3. The average molecular weight is 273 g/mol. The van der Waals surface area contributed by atoms with Crippen LogP contribution in [0, 0.1) is 0 Å². The molecule has 7 heteroatoms. The molecule has 0 aliphatic carbocycles. The lowest BCUT2D eigenvalue weighted by molar-refractivity contribution is -0.147. The van der Waals surface area contributed by atoms with Crippen LogP contribution in [0.1, 0.15) is 39.0 Å². The van der Waals surface area contributed by atoms with Crippen LogP contribution in [-0.4, -0.2) is 46.3 Å². The van der Waals surface area contributed by atoms with Crippen molar-refractivity contribution >= 4 is 17.8 Å². The first-order chi connectivity index (χ1) is 8.85. The van der Waals surface area contributed by atoms with Crippen molar-refractivity contribution in [1.29, 1.82) is 0 Å². The number of hydrogen-bond acceptors (Lipinski definition) is 4. The number of carboxylic acids is 2. The lowest BCUT2D eigenvalue weighted by Gasteiger charge is -2.24. The predicted molar refractivity (Wildman–Crippen MR) is 64.6 cm³/mol. The normalized spacial score (nSPS) is 23.8. The molecule has 1 aliphatic rings. The Morgan fingerprint density at radius 1 is 1.37 bits per heavy atom. The molecule has 1 aliphatic heterocycles. The summed E-state index contributed by atoms with van der Waals surface area (Å²) in [5, 5.41) is 19.9. The van der Waals surface area contributed by atoms with E-state index in [0.29, 0.717) is 13.0 Å². The third-order valence-electron chi connectivity index (χ3n) is 3.19. The van der Waals surface area contributed by atoms with Crippen LogP contribution in [0.5, 0.6) is 0 Å². The maximum atomic E-state index is 12.0. The molecule has 1 rings (SSSR count). The molecular formula is C12H19NO6. The molecule has 0 bridgehead atoms. The van der Waals surface area contributed by atoms with E-state index in [0.717, 1.165) is 6.42 Å². The molecule has 7 nitrogen and oxygen atoms in total. The zero-order valence-electron chi connectivity index (χ0n) is 10.8. The highest BCUT2D eigenvalue weighted by molar-refractivity contribution is 5.89. The fraction of sp³-hybridized carbons (Fsp3) is 0.750. The summed E-state index contributed by atoms with van der Waals surface area (Å²) in [5.74, 6) is -2.60. The van der Waals surface area contributed by atoms with Gasteiger partial charge in [-0.2, -0.15) is 0 Å². The van der Waals surface area contributed by atoms with Crippen LogP contribution < -0.4 is 5.32 Å². The molecule has 1 saturated heterocycles. The van der Waals surface area contributed by atoms with Crippen molar-refractivity contribution in [2.45, 2.75) is 50.7 Å². The molecule has 3 N–H and O–H groups in total. The maximum Gasteiger partial charge on any atom is 0.326 e. The van der Waals surface area contributed by atoms with Gasteiger partial charge in [-0.25, -0.2) is 4.79 Å². The summed E-state index contributed by atoms with van der Waals surface area (Å²) in [6, 6.07) is -1.08. The Hall–Kier alpha value is -1.63. The van der Waals surface area contributed by atoms with Crippen molar-refractivity contribution in [1.82, 2.24) is 5.32 Å². The third kappa shape index (κ3) is 4.51. The molecule has 1 fully saturated rings. The number of rotatable bonds is 7. The van der Waals surface area contributed by atoms with Crippen molar-refractivity contribution in [3.05, 3.63) is 0 Å². The quantitative estimate of drug-likeness (QED) is 0.618. The molecular weight excluding hydrogens is 254 g/mol. The summed E-state index contributed by atoms with van der Waals surface area (Å²) >= 11 is 0. The number of ether oxygens (including phenoxy) is 1. The molecule has 19 heavy (non-hydrogen) atoms. The van der Waals surface area contributed by atoms with Gasteiger partial charge in [0.15, 0.2) is 0 Å². The Balaban J connectivity index is 2.51. The van der Waals surface area contributed by atoms with E-state index in [1.165, 1.54) is 0 Å². The first kappa shape index (κ1) is 15.4. The molecule has 0 radical (unpaired) electrons. The summed E-state index contributed by atoms with van der Waals surface area (Å²) in [6.07, 6.45) is 1.49. The molecule has 0 aromatic heterocycles. The van der Waals surface area contributed by atoms with E-state index in [2.05, 4.69) is 5.32 Å². The van der Waals surface area contributed by atoms with Crippen LogP contribution in [0.3, 0.4) is 0 Å². The molecule has 0 spiro atoms. The van der Waals surface area contributed by atoms with Gasteiger partial charge < -0.3 is 20.3 Å². The number of hydrogen-bond donors (Lipinski definition) is 3. The van der Waals surface area contributed by atoms with E-state index >= 15 is 0 Å². The van der Waals surface area contributed by atoms with Gasteiger partial charge in [0, 0.05) is 13.0 Å². The van der Waals surface area contributed by atoms with Crippen molar-refractivity contribution in [3.63, 3.8) is 0 Å². The summed E-state index contributed by atoms with van der Waals surface area (Å²) in [7, 11) is 0. The minimum atomic E-state index is -1.17. The molecule has 2 atom stereocenters. The van der Waals surface area contributed by atoms with E-state index in [4.69, 9.17) is 14.9 Å².